The van der Waals surface area contributed by atoms with Gasteiger partial charge in [0, 0.05) is 41.8 Å². The van der Waals surface area contributed by atoms with Crippen molar-refractivity contribution >= 4 is 11.8 Å². The number of hydrogen-bond acceptors (Lipinski definition) is 5. The van der Waals surface area contributed by atoms with E-state index in [9.17, 15) is 5.11 Å². The summed E-state index contributed by atoms with van der Waals surface area (Å²) in [4.78, 5) is 1.40. The number of phenols is 1. The molecule has 0 amide bonds. The van der Waals surface area contributed by atoms with Gasteiger partial charge in [-0.2, -0.15) is 0 Å². The lowest BCUT2D eigenvalue weighted by molar-refractivity contribution is -0.138. The van der Waals surface area contributed by atoms with Crippen molar-refractivity contribution in [3.05, 3.63) is 59.2 Å². The lowest BCUT2D eigenvalue weighted by Crippen LogP contribution is -2.36. The van der Waals surface area contributed by atoms with Gasteiger partial charge in [-0.1, -0.05) is 51.0 Å². The van der Waals surface area contributed by atoms with E-state index in [2.05, 4.69) is 50.2 Å². The third kappa shape index (κ3) is 7.00. The molecule has 1 N–H and O–H groups in total. The van der Waals surface area contributed by atoms with Crippen molar-refractivity contribution in [3.63, 3.8) is 0 Å². The van der Waals surface area contributed by atoms with Gasteiger partial charge in [0.15, 0.2) is 0 Å². The second-order valence-electron chi connectivity index (χ2n) is 9.64. The standard InChI is InChI=1S/C29H40O4S/c1-3-5-13-31-20-24-18-23(32-14-6-4-2)19-28(33-24)26-16-21(11-12-27(26)30)15-25-17-22-9-7-8-10-29(22)34-25/h7-12,16,23-25,28,30H,3-6,13-15,17-20H2,1-2H3/t23-,24?,25?,28?/m0/s1. The minimum atomic E-state index is -0.173. The highest BCUT2D eigenvalue weighted by atomic mass is 32.2. The molecule has 0 bridgehead atoms. The molecule has 0 saturated carbocycles. The molecule has 3 unspecified atom stereocenters. The number of hydrogen-bond donors (Lipinski definition) is 1. The van der Waals surface area contributed by atoms with E-state index in [1.165, 1.54) is 16.0 Å². The number of benzene rings is 2. The Morgan fingerprint density at radius 1 is 1.03 bits per heavy atom. The average molecular weight is 485 g/mol. The first-order valence-corrected chi connectivity index (χ1v) is 13.9. The van der Waals surface area contributed by atoms with Crippen LogP contribution in [0.4, 0.5) is 0 Å². The molecule has 0 radical (unpaired) electrons. The van der Waals surface area contributed by atoms with Crippen LogP contribution in [-0.2, 0) is 27.1 Å². The number of ether oxygens (including phenoxy) is 3. The smallest absolute Gasteiger partial charge is 0.121 e. The molecule has 2 aliphatic heterocycles. The lowest BCUT2D eigenvalue weighted by atomic mass is 9.93. The molecule has 2 aliphatic rings. The van der Waals surface area contributed by atoms with Crippen molar-refractivity contribution in [2.45, 2.75) is 93.7 Å². The summed E-state index contributed by atoms with van der Waals surface area (Å²) in [7, 11) is 0. The molecule has 5 heteroatoms. The van der Waals surface area contributed by atoms with E-state index in [1.807, 2.05) is 17.8 Å². The Morgan fingerprint density at radius 3 is 2.68 bits per heavy atom. The van der Waals surface area contributed by atoms with Gasteiger partial charge in [0.25, 0.3) is 0 Å². The van der Waals surface area contributed by atoms with Gasteiger partial charge in [-0.15, -0.1) is 11.8 Å². The molecule has 4 atom stereocenters. The van der Waals surface area contributed by atoms with Gasteiger partial charge in [0.05, 0.1) is 24.9 Å². The quantitative estimate of drug-likeness (QED) is 0.333. The zero-order valence-electron chi connectivity index (χ0n) is 20.7. The molecule has 2 aromatic carbocycles. The van der Waals surface area contributed by atoms with E-state index < -0.39 is 0 Å². The van der Waals surface area contributed by atoms with Gasteiger partial charge in [-0.05, 0) is 55.0 Å². The van der Waals surface area contributed by atoms with E-state index in [0.29, 0.717) is 17.6 Å². The van der Waals surface area contributed by atoms with Crippen LogP contribution < -0.4 is 0 Å². The molecule has 186 valence electrons. The van der Waals surface area contributed by atoms with Crippen molar-refractivity contribution < 1.29 is 19.3 Å². The van der Waals surface area contributed by atoms with Gasteiger partial charge < -0.3 is 19.3 Å². The van der Waals surface area contributed by atoms with Crippen molar-refractivity contribution in [3.8, 4) is 5.75 Å². The lowest BCUT2D eigenvalue weighted by Gasteiger charge is -2.36. The number of rotatable bonds is 12. The monoisotopic (exact) mass is 484 g/mol. The van der Waals surface area contributed by atoms with Gasteiger partial charge in [-0.3, -0.25) is 0 Å². The average Bonchev–Trinajstić information content (AvgIpc) is 3.25. The maximum Gasteiger partial charge on any atom is 0.121 e. The molecular formula is C29H40O4S. The summed E-state index contributed by atoms with van der Waals surface area (Å²) in [6, 6.07) is 14.8. The Morgan fingerprint density at radius 2 is 1.85 bits per heavy atom. The molecule has 2 heterocycles. The van der Waals surface area contributed by atoms with Crippen LogP contribution in [0.1, 0.15) is 75.2 Å². The SMILES string of the molecule is CCCCOCC1C[C@H](OCCCC)CC(c2cc(CC3Cc4ccccc4S3)ccc2O)O1. The second-order valence-corrected chi connectivity index (χ2v) is 11.0. The number of fused-ring (bicyclic) bond motifs is 1. The Labute approximate surface area is 209 Å². The zero-order chi connectivity index (χ0) is 23.8. The van der Waals surface area contributed by atoms with E-state index in [-0.39, 0.29) is 18.3 Å². The van der Waals surface area contributed by atoms with E-state index in [4.69, 9.17) is 14.2 Å². The van der Waals surface area contributed by atoms with Gasteiger partial charge in [0.1, 0.15) is 5.75 Å². The minimum Gasteiger partial charge on any atom is -0.508 e. The summed E-state index contributed by atoms with van der Waals surface area (Å²) in [6.07, 6.45) is 8.05. The predicted octanol–water partition coefficient (Wildman–Crippen LogP) is 6.87. The molecule has 1 fully saturated rings. The molecule has 2 aromatic rings. The summed E-state index contributed by atoms with van der Waals surface area (Å²) in [5.74, 6) is 0.316. The summed E-state index contributed by atoms with van der Waals surface area (Å²) < 4.78 is 18.6. The van der Waals surface area contributed by atoms with Crippen LogP contribution in [0.15, 0.2) is 47.4 Å². The van der Waals surface area contributed by atoms with Gasteiger partial charge >= 0.3 is 0 Å². The minimum absolute atomic E-state index is 0.00910. The van der Waals surface area contributed by atoms with E-state index in [1.54, 1.807) is 0 Å². The normalized spacial score (nSPS) is 24.3. The van der Waals surface area contributed by atoms with Crippen molar-refractivity contribution in [2.75, 3.05) is 19.8 Å². The molecule has 34 heavy (non-hydrogen) atoms. The third-order valence-electron chi connectivity index (χ3n) is 6.77. The first-order chi connectivity index (χ1) is 16.7. The fourth-order valence-electron chi connectivity index (χ4n) is 4.89. The largest absolute Gasteiger partial charge is 0.508 e. The van der Waals surface area contributed by atoms with Crippen LogP contribution in [-0.4, -0.2) is 42.4 Å². The fraction of sp³-hybridized carbons (Fsp3) is 0.586. The summed E-state index contributed by atoms with van der Waals surface area (Å²) in [5.41, 5.74) is 3.59. The molecule has 1 saturated heterocycles. The van der Waals surface area contributed by atoms with Crippen LogP contribution in [0, 0.1) is 0 Å². The molecule has 0 aliphatic carbocycles. The Balaban J connectivity index is 1.43. The van der Waals surface area contributed by atoms with Crippen molar-refractivity contribution in [1.29, 1.82) is 0 Å². The molecular weight excluding hydrogens is 444 g/mol. The highest BCUT2D eigenvalue weighted by Gasteiger charge is 2.33. The first kappa shape index (κ1) is 25.6. The van der Waals surface area contributed by atoms with Crippen LogP contribution in [0.2, 0.25) is 0 Å². The third-order valence-corrected chi connectivity index (χ3v) is 8.09. The maximum absolute atomic E-state index is 10.8. The summed E-state index contributed by atoms with van der Waals surface area (Å²) in [5, 5.41) is 11.3. The second kappa shape index (κ2) is 13.0. The van der Waals surface area contributed by atoms with Gasteiger partial charge in [-0.25, -0.2) is 0 Å². The Kier molecular flexibility index (Phi) is 9.75. The van der Waals surface area contributed by atoms with Crippen LogP contribution >= 0.6 is 11.8 Å². The number of phenolic OH excluding ortho intramolecular Hbond substituents is 1. The van der Waals surface area contributed by atoms with Crippen LogP contribution in [0.25, 0.3) is 0 Å². The molecule has 4 rings (SSSR count). The van der Waals surface area contributed by atoms with E-state index in [0.717, 1.165) is 70.1 Å². The first-order valence-electron chi connectivity index (χ1n) is 13.1. The fourth-order valence-corrected chi connectivity index (χ4v) is 6.25. The van der Waals surface area contributed by atoms with Crippen LogP contribution in [0.5, 0.6) is 5.75 Å². The number of thioether (sulfide) groups is 1. The number of aromatic hydroxyl groups is 1. The topological polar surface area (TPSA) is 47.9 Å². The number of unbranched alkanes of at least 4 members (excludes halogenated alkanes) is 2. The maximum atomic E-state index is 10.8. The summed E-state index contributed by atoms with van der Waals surface area (Å²) in [6.45, 7) is 6.49. The molecule has 0 aromatic heterocycles. The highest BCUT2D eigenvalue weighted by Crippen LogP contribution is 2.41. The van der Waals surface area contributed by atoms with E-state index >= 15 is 0 Å². The summed E-state index contributed by atoms with van der Waals surface area (Å²) >= 11 is 1.97. The Hall–Kier alpha value is -1.53. The molecule has 4 nitrogen and oxygen atoms in total. The Bertz CT molecular complexity index is 876. The van der Waals surface area contributed by atoms with Crippen LogP contribution in [0.3, 0.4) is 0 Å². The van der Waals surface area contributed by atoms with Gasteiger partial charge in [0.2, 0.25) is 0 Å². The van der Waals surface area contributed by atoms with Crippen molar-refractivity contribution in [2.24, 2.45) is 0 Å². The predicted molar refractivity (Wildman–Crippen MR) is 139 cm³/mol. The molecule has 0 spiro atoms. The zero-order valence-corrected chi connectivity index (χ0v) is 21.5. The highest BCUT2D eigenvalue weighted by molar-refractivity contribution is 8.00. The van der Waals surface area contributed by atoms with Crippen molar-refractivity contribution in [1.82, 2.24) is 0 Å².